The Morgan fingerprint density at radius 1 is 0.818 bits per heavy atom. The molecule has 0 saturated heterocycles. The van der Waals surface area contributed by atoms with Gasteiger partial charge in [0.25, 0.3) is 0 Å². The number of carboxylic acids is 2. The van der Waals surface area contributed by atoms with Crippen molar-refractivity contribution in [3.63, 3.8) is 0 Å². The Morgan fingerprint density at radius 3 is 1.32 bits per heavy atom. The van der Waals surface area contributed by atoms with Gasteiger partial charge in [-0.2, -0.15) is 0 Å². The second-order valence-corrected chi connectivity index (χ2v) is 5.23. The fraction of sp³-hybridized carbons (Fsp3) is 0.733. The van der Waals surface area contributed by atoms with Gasteiger partial charge in [-0.1, -0.05) is 19.3 Å². The SMILES string of the molecule is CC(=O)CC(=O)O.CC(=O)CC(=O)O.OCC1CCCCC1. The Labute approximate surface area is 130 Å². The molecule has 0 aromatic rings. The predicted octanol–water partition coefficient (Wildman–Crippen LogP) is 1.66. The van der Waals surface area contributed by atoms with E-state index >= 15 is 0 Å². The number of rotatable bonds is 5. The van der Waals surface area contributed by atoms with Crippen LogP contribution in [0.3, 0.4) is 0 Å². The van der Waals surface area contributed by atoms with E-state index in [1.807, 2.05) is 0 Å². The standard InChI is InChI=1S/C7H14O.2C4H6O3/c8-6-7-4-2-1-3-5-7;2*1-3(5)2-4(6)7/h7-8H,1-6H2;2*2H2,1H3,(H,6,7). The number of hydrogen-bond acceptors (Lipinski definition) is 5. The molecule has 1 fully saturated rings. The van der Waals surface area contributed by atoms with Crippen molar-refractivity contribution in [2.45, 2.75) is 58.8 Å². The fourth-order valence-electron chi connectivity index (χ4n) is 1.80. The zero-order valence-electron chi connectivity index (χ0n) is 13.2. The van der Waals surface area contributed by atoms with Crippen LogP contribution in [0.5, 0.6) is 0 Å². The summed E-state index contributed by atoms with van der Waals surface area (Å²) in [5, 5.41) is 24.4. The molecule has 3 N–H and O–H groups in total. The number of Topliss-reactive ketones (excluding diaryl/α,β-unsaturated/α-hetero) is 2. The lowest BCUT2D eigenvalue weighted by molar-refractivity contribution is -0.141. The maximum absolute atomic E-state index is 9.87. The van der Waals surface area contributed by atoms with Gasteiger partial charge in [-0.05, 0) is 32.6 Å². The first-order valence-electron chi connectivity index (χ1n) is 7.22. The topological polar surface area (TPSA) is 129 Å². The summed E-state index contributed by atoms with van der Waals surface area (Å²) in [6.07, 6.45) is 5.86. The first-order valence-corrected chi connectivity index (χ1v) is 7.22. The molecule has 0 radical (unpaired) electrons. The van der Waals surface area contributed by atoms with Gasteiger partial charge in [0.05, 0.1) is 0 Å². The molecule has 7 heteroatoms. The van der Waals surface area contributed by atoms with Gasteiger partial charge in [0.15, 0.2) is 0 Å². The van der Waals surface area contributed by atoms with Crippen LogP contribution in [0.25, 0.3) is 0 Å². The van der Waals surface area contributed by atoms with Crippen molar-refractivity contribution in [1.29, 1.82) is 0 Å². The van der Waals surface area contributed by atoms with E-state index in [-0.39, 0.29) is 24.4 Å². The minimum absolute atomic E-state index is 0.312. The molecular weight excluding hydrogens is 292 g/mol. The lowest BCUT2D eigenvalue weighted by Gasteiger charge is -2.18. The third kappa shape index (κ3) is 20.6. The van der Waals surface area contributed by atoms with Crippen molar-refractivity contribution in [2.75, 3.05) is 6.61 Å². The van der Waals surface area contributed by atoms with Gasteiger partial charge in [0, 0.05) is 6.61 Å². The summed E-state index contributed by atoms with van der Waals surface area (Å²) in [7, 11) is 0. The molecule has 22 heavy (non-hydrogen) atoms. The van der Waals surface area contributed by atoms with E-state index in [0.29, 0.717) is 12.5 Å². The van der Waals surface area contributed by atoms with Crippen molar-refractivity contribution in [3.05, 3.63) is 0 Å². The molecule has 0 bridgehead atoms. The van der Waals surface area contributed by atoms with Crippen LogP contribution in [0, 0.1) is 5.92 Å². The summed E-state index contributed by atoms with van der Waals surface area (Å²) < 4.78 is 0. The Morgan fingerprint density at radius 2 is 1.18 bits per heavy atom. The first-order chi connectivity index (χ1) is 10.2. The second-order valence-electron chi connectivity index (χ2n) is 5.23. The molecule has 0 unspecified atom stereocenters. The third-order valence-electron chi connectivity index (χ3n) is 2.78. The molecule has 0 aliphatic heterocycles. The average molecular weight is 318 g/mol. The quantitative estimate of drug-likeness (QED) is 0.657. The minimum atomic E-state index is -1.06. The van der Waals surface area contributed by atoms with Crippen molar-refractivity contribution < 1.29 is 34.5 Å². The molecule has 0 aromatic carbocycles. The Balaban J connectivity index is 0. The summed E-state index contributed by atoms with van der Waals surface area (Å²) in [6, 6.07) is 0. The van der Waals surface area contributed by atoms with E-state index in [1.54, 1.807) is 0 Å². The number of aliphatic hydroxyl groups excluding tert-OH is 1. The normalized spacial score (nSPS) is 13.8. The highest BCUT2D eigenvalue weighted by atomic mass is 16.4. The van der Waals surface area contributed by atoms with Crippen LogP contribution in [0.2, 0.25) is 0 Å². The zero-order valence-corrected chi connectivity index (χ0v) is 13.2. The highest BCUT2D eigenvalue weighted by Crippen LogP contribution is 2.22. The fourth-order valence-corrected chi connectivity index (χ4v) is 1.80. The summed E-state index contributed by atoms with van der Waals surface area (Å²) >= 11 is 0. The lowest BCUT2D eigenvalue weighted by atomic mass is 9.90. The lowest BCUT2D eigenvalue weighted by Crippen LogP contribution is -2.09. The molecule has 1 aliphatic carbocycles. The molecule has 0 heterocycles. The molecule has 1 aliphatic rings. The molecule has 0 aromatic heterocycles. The van der Waals surface area contributed by atoms with E-state index in [4.69, 9.17) is 15.3 Å². The van der Waals surface area contributed by atoms with Gasteiger partial charge in [0.1, 0.15) is 24.4 Å². The Bertz CT molecular complexity index is 307. The van der Waals surface area contributed by atoms with Crippen LogP contribution in [0.4, 0.5) is 0 Å². The number of aliphatic hydroxyl groups is 1. The van der Waals surface area contributed by atoms with Gasteiger partial charge < -0.3 is 15.3 Å². The van der Waals surface area contributed by atoms with Crippen molar-refractivity contribution >= 4 is 23.5 Å². The highest BCUT2D eigenvalue weighted by Gasteiger charge is 2.10. The van der Waals surface area contributed by atoms with Crippen LogP contribution in [-0.2, 0) is 19.2 Å². The van der Waals surface area contributed by atoms with E-state index in [0.717, 1.165) is 0 Å². The van der Waals surface area contributed by atoms with Gasteiger partial charge in [-0.25, -0.2) is 0 Å². The molecule has 0 spiro atoms. The number of carbonyl (C=O) groups excluding carboxylic acids is 2. The predicted molar refractivity (Wildman–Crippen MR) is 79.5 cm³/mol. The van der Waals surface area contributed by atoms with E-state index in [2.05, 4.69) is 0 Å². The monoisotopic (exact) mass is 318 g/mol. The molecular formula is C15H26O7. The van der Waals surface area contributed by atoms with Crippen LogP contribution in [-0.4, -0.2) is 45.4 Å². The van der Waals surface area contributed by atoms with E-state index in [1.165, 1.54) is 46.0 Å². The largest absolute Gasteiger partial charge is 0.481 e. The minimum Gasteiger partial charge on any atom is -0.481 e. The third-order valence-corrected chi connectivity index (χ3v) is 2.78. The number of carboxylic acid groups (broad SMARTS) is 2. The van der Waals surface area contributed by atoms with Crippen LogP contribution in [0.1, 0.15) is 58.8 Å². The molecule has 0 amide bonds. The summed E-state index contributed by atoms with van der Waals surface area (Å²) in [4.78, 5) is 38.9. The zero-order chi connectivity index (χ0) is 17.5. The average Bonchev–Trinajstić information content (AvgIpc) is 2.38. The summed E-state index contributed by atoms with van der Waals surface area (Å²) in [6.45, 7) is 2.90. The number of aliphatic carboxylic acids is 2. The van der Waals surface area contributed by atoms with Gasteiger partial charge in [0.2, 0.25) is 0 Å². The summed E-state index contributed by atoms with van der Waals surface area (Å²) in [5.74, 6) is -2.11. The smallest absolute Gasteiger partial charge is 0.310 e. The number of hydrogen-bond donors (Lipinski definition) is 3. The van der Waals surface area contributed by atoms with Gasteiger partial charge in [-0.15, -0.1) is 0 Å². The Hall–Kier alpha value is -1.76. The van der Waals surface area contributed by atoms with Crippen molar-refractivity contribution in [2.24, 2.45) is 5.92 Å². The molecule has 7 nitrogen and oxygen atoms in total. The van der Waals surface area contributed by atoms with Crippen LogP contribution < -0.4 is 0 Å². The maximum Gasteiger partial charge on any atom is 0.310 e. The van der Waals surface area contributed by atoms with Crippen molar-refractivity contribution in [3.8, 4) is 0 Å². The second kappa shape index (κ2) is 14.2. The van der Waals surface area contributed by atoms with Gasteiger partial charge in [-0.3, -0.25) is 19.2 Å². The van der Waals surface area contributed by atoms with Gasteiger partial charge >= 0.3 is 11.9 Å². The number of carbonyl (C=O) groups is 4. The maximum atomic E-state index is 9.87. The van der Waals surface area contributed by atoms with E-state index < -0.39 is 11.9 Å². The number of ketones is 2. The first kappa shape index (κ1) is 22.5. The summed E-state index contributed by atoms with van der Waals surface area (Å²) in [5.41, 5.74) is 0. The molecule has 1 rings (SSSR count). The molecule has 128 valence electrons. The molecule has 0 atom stereocenters. The van der Waals surface area contributed by atoms with Crippen LogP contribution in [0.15, 0.2) is 0 Å². The highest BCUT2D eigenvalue weighted by molar-refractivity contribution is 5.93. The van der Waals surface area contributed by atoms with E-state index in [9.17, 15) is 19.2 Å². The van der Waals surface area contributed by atoms with Crippen LogP contribution >= 0.6 is 0 Å². The Kier molecular flexibility index (Phi) is 14.5. The molecule has 1 saturated carbocycles. The van der Waals surface area contributed by atoms with Crippen molar-refractivity contribution in [1.82, 2.24) is 0 Å².